The molecule has 2 heteroatoms. The van der Waals surface area contributed by atoms with Gasteiger partial charge in [0.05, 0.1) is 0 Å². The van der Waals surface area contributed by atoms with Crippen LogP contribution in [0.2, 0.25) is 0 Å². The Morgan fingerprint density at radius 3 is 1.36 bits per heavy atom. The Morgan fingerprint density at radius 1 is 0.266 bits per heavy atom. The van der Waals surface area contributed by atoms with Gasteiger partial charge in [-0.2, -0.15) is 0 Å². The summed E-state index contributed by atoms with van der Waals surface area (Å²) in [5.74, 6) is 0. The van der Waals surface area contributed by atoms with Gasteiger partial charge in [-0.3, -0.25) is 0 Å². The van der Waals surface area contributed by atoms with E-state index in [1.807, 2.05) is 11.3 Å². The van der Waals surface area contributed by atoms with Gasteiger partial charge in [0.1, 0.15) is 11.2 Å². The van der Waals surface area contributed by atoms with E-state index in [4.69, 9.17) is 4.42 Å². The molecule has 0 aliphatic rings. The van der Waals surface area contributed by atoms with E-state index in [1.165, 1.54) is 124 Å². The first-order valence-corrected chi connectivity index (χ1v) is 22.8. The monoisotopic (exact) mass is 828 g/mol. The fraction of sp³-hybridized carbons (Fsp3) is 0. The molecule has 14 aromatic rings. The standard InChI is InChI=1S/C62H36OS/c1-2-16-38(17-3-1)57-42-19-6-8-21-44(42)59(45-22-9-7-20-43(45)57)40-31-34-55-52(36-40)62-50(27-14-28-56(62)64-55)60-48-25-12-10-23-46(48)58(47-24-11-13-26-49(47)60)39-30-32-53-51(35-39)61-41-18-5-4-15-37(41)29-33-54(61)63-53/h1-36H. The van der Waals surface area contributed by atoms with Crippen LogP contribution in [0.5, 0.6) is 0 Å². The number of thiophene rings is 1. The summed E-state index contributed by atoms with van der Waals surface area (Å²) >= 11 is 1.89. The Balaban J connectivity index is 1.03. The number of hydrogen-bond acceptors (Lipinski definition) is 2. The minimum Gasteiger partial charge on any atom is -0.456 e. The maximum atomic E-state index is 6.47. The summed E-state index contributed by atoms with van der Waals surface area (Å²) in [7, 11) is 0. The van der Waals surface area contributed by atoms with Crippen LogP contribution in [0.3, 0.4) is 0 Å². The molecule has 0 aliphatic heterocycles. The zero-order valence-corrected chi connectivity index (χ0v) is 35.4. The van der Waals surface area contributed by atoms with Crippen molar-refractivity contribution >= 4 is 107 Å². The minimum absolute atomic E-state index is 0.906. The second kappa shape index (κ2) is 13.7. The highest BCUT2D eigenvalue weighted by atomic mass is 32.1. The Morgan fingerprint density at radius 2 is 0.750 bits per heavy atom. The molecule has 0 amide bonds. The molecule has 0 saturated heterocycles. The molecule has 14 rings (SSSR count). The van der Waals surface area contributed by atoms with Crippen LogP contribution in [-0.2, 0) is 0 Å². The minimum atomic E-state index is 0.906. The van der Waals surface area contributed by atoms with Crippen LogP contribution >= 0.6 is 11.3 Å². The van der Waals surface area contributed by atoms with Crippen LogP contribution in [0.15, 0.2) is 223 Å². The third-order valence-electron chi connectivity index (χ3n) is 13.6. The molecule has 12 aromatic carbocycles. The van der Waals surface area contributed by atoms with Crippen molar-refractivity contribution in [3.8, 4) is 44.5 Å². The molecule has 0 N–H and O–H groups in total. The molecule has 1 nitrogen and oxygen atoms in total. The van der Waals surface area contributed by atoms with E-state index in [0.29, 0.717) is 0 Å². The predicted molar refractivity (Wildman–Crippen MR) is 276 cm³/mol. The lowest BCUT2D eigenvalue weighted by Crippen LogP contribution is -1.91. The van der Waals surface area contributed by atoms with E-state index in [0.717, 1.165) is 16.6 Å². The second-order valence-corrected chi connectivity index (χ2v) is 18.1. The third kappa shape index (κ3) is 5.12. The lowest BCUT2D eigenvalue weighted by Gasteiger charge is -2.19. The SMILES string of the molecule is c1ccc(-c2c3ccccc3c(-c3ccc4sc5cccc(-c6c7ccccc7c(-c7ccc8oc9ccc%10ccccc%10c9c8c7)c7ccccc67)c5c4c3)c3ccccc23)cc1. The highest BCUT2D eigenvalue weighted by Crippen LogP contribution is 2.50. The van der Waals surface area contributed by atoms with Crippen LogP contribution in [0, 0.1) is 0 Å². The Bertz CT molecular complexity index is 4130. The maximum absolute atomic E-state index is 6.47. The summed E-state index contributed by atoms with van der Waals surface area (Å²) in [6.45, 7) is 0. The van der Waals surface area contributed by atoms with Gasteiger partial charge >= 0.3 is 0 Å². The molecule has 0 bridgehead atoms. The molecule has 0 atom stereocenters. The largest absolute Gasteiger partial charge is 0.456 e. The van der Waals surface area contributed by atoms with Crippen LogP contribution < -0.4 is 0 Å². The van der Waals surface area contributed by atoms with Crippen molar-refractivity contribution in [3.05, 3.63) is 218 Å². The fourth-order valence-electron chi connectivity index (χ4n) is 11.0. The molecule has 2 aromatic heterocycles. The summed E-state index contributed by atoms with van der Waals surface area (Å²) in [6, 6.07) is 80.5. The maximum Gasteiger partial charge on any atom is 0.136 e. The molecule has 0 radical (unpaired) electrons. The molecular formula is C62H36OS. The zero-order chi connectivity index (χ0) is 41.9. The number of furan rings is 1. The van der Waals surface area contributed by atoms with Gasteiger partial charge in [-0.25, -0.2) is 0 Å². The van der Waals surface area contributed by atoms with Crippen LogP contribution in [0.1, 0.15) is 0 Å². The molecule has 0 unspecified atom stereocenters. The Hall–Kier alpha value is -8.04. The van der Waals surface area contributed by atoms with Crippen molar-refractivity contribution in [1.82, 2.24) is 0 Å². The molecule has 0 fully saturated rings. The average molecular weight is 829 g/mol. The second-order valence-electron chi connectivity index (χ2n) is 17.0. The van der Waals surface area contributed by atoms with Crippen molar-refractivity contribution in [2.45, 2.75) is 0 Å². The molecule has 296 valence electrons. The summed E-state index contributed by atoms with van der Waals surface area (Å²) in [6.07, 6.45) is 0. The number of fused-ring (bicyclic) bond motifs is 12. The lowest BCUT2D eigenvalue weighted by molar-refractivity contribution is 0.669. The first-order valence-electron chi connectivity index (χ1n) is 22.0. The van der Waals surface area contributed by atoms with E-state index < -0.39 is 0 Å². The van der Waals surface area contributed by atoms with Crippen molar-refractivity contribution in [2.75, 3.05) is 0 Å². The highest BCUT2D eigenvalue weighted by molar-refractivity contribution is 7.26. The summed E-state index contributed by atoms with van der Waals surface area (Å²) in [5.41, 5.74) is 11.8. The van der Waals surface area contributed by atoms with Crippen molar-refractivity contribution < 1.29 is 4.42 Å². The predicted octanol–water partition coefficient (Wildman–Crippen LogP) is 18.4. The molecule has 64 heavy (non-hydrogen) atoms. The van der Waals surface area contributed by atoms with Gasteiger partial charge < -0.3 is 4.42 Å². The van der Waals surface area contributed by atoms with E-state index in [9.17, 15) is 0 Å². The smallest absolute Gasteiger partial charge is 0.136 e. The quantitative estimate of drug-likeness (QED) is 0.161. The van der Waals surface area contributed by atoms with Gasteiger partial charge in [-0.1, -0.05) is 182 Å². The highest BCUT2D eigenvalue weighted by Gasteiger charge is 2.22. The molecule has 0 spiro atoms. The van der Waals surface area contributed by atoms with Crippen LogP contribution in [0.25, 0.3) is 140 Å². The van der Waals surface area contributed by atoms with E-state index in [-0.39, 0.29) is 0 Å². The molecular weight excluding hydrogens is 793 g/mol. The van der Waals surface area contributed by atoms with Gasteiger partial charge in [-0.05, 0) is 135 Å². The number of hydrogen-bond donors (Lipinski definition) is 0. The third-order valence-corrected chi connectivity index (χ3v) is 14.8. The van der Waals surface area contributed by atoms with Crippen molar-refractivity contribution in [3.63, 3.8) is 0 Å². The summed E-state index contributed by atoms with van der Waals surface area (Å²) < 4.78 is 9.06. The summed E-state index contributed by atoms with van der Waals surface area (Å²) in [4.78, 5) is 0. The van der Waals surface area contributed by atoms with Crippen LogP contribution in [0.4, 0.5) is 0 Å². The van der Waals surface area contributed by atoms with E-state index in [1.54, 1.807) is 0 Å². The van der Waals surface area contributed by atoms with Crippen molar-refractivity contribution in [1.29, 1.82) is 0 Å². The summed E-state index contributed by atoms with van der Waals surface area (Å²) in [5, 5.41) is 17.4. The van der Waals surface area contributed by atoms with Gasteiger partial charge in [0.2, 0.25) is 0 Å². The van der Waals surface area contributed by atoms with Crippen LogP contribution in [-0.4, -0.2) is 0 Å². The topological polar surface area (TPSA) is 13.1 Å². The normalized spacial score (nSPS) is 12.1. The zero-order valence-electron chi connectivity index (χ0n) is 34.6. The molecule has 0 saturated carbocycles. The number of benzene rings is 12. The van der Waals surface area contributed by atoms with E-state index >= 15 is 0 Å². The average Bonchev–Trinajstić information content (AvgIpc) is 3.93. The van der Waals surface area contributed by atoms with Gasteiger partial charge in [0.15, 0.2) is 0 Å². The molecule has 2 heterocycles. The first kappa shape index (κ1) is 35.5. The fourth-order valence-corrected chi connectivity index (χ4v) is 12.1. The first-order chi connectivity index (χ1) is 31.8. The molecule has 0 aliphatic carbocycles. The number of rotatable bonds is 4. The Kier molecular flexibility index (Phi) is 7.63. The van der Waals surface area contributed by atoms with Gasteiger partial charge in [-0.15, -0.1) is 11.3 Å². The lowest BCUT2D eigenvalue weighted by atomic mass is 9.84. The van der Waals surface area contributed by atoms with E-state index in [2.05, 4.69) is 218 Å². The Labute approximate surface area is 372 Å². The van der Waals surface area contributed by atoms with Crippen molar-refractivity contribution in [2.24, 2.45) is 0 Å². The van der Waals surface area contributed by atoms with Gasteiger partial charge in [0, 0.05) is 30.9 Å². The van der Waals surface area contributed by atoms with Gasteiger partial charge in [0.25, 0.3) is 0 Å².